The van der Waals surface area contributed by atoms with Crippen LogP contribution in [0.5, 0.6) is 11.5 Å². The van der Waals surface area contributed by atoms with Crippen LogP contribution >= 0.6 is 0 Å². The summed E-state index contributed by atoms with van der Waals surface area (Å²) in [6, 6.07) is 9.21. The van der Waals surface area contributed by atoms with Crippen LogP contribution in [0.3, 0.4) is 0 Å². The Morgan fingerprint density at radius 3 is 2.62 bits per heavy atom. The van der Waals surface area contributed by atoms with Crippen molar-refractivity contribution in [3.63, 3.8) is 0 Å². The van der Waals surface area contributed by atoms with Gasteiger partial charge in [-0.25, -0.2) is 12.8 Å². The fourth-order valence-electron chi connectivity index (χ4n) is 4.38. The van der Waals surface area contributed by atoms with E-state index in [1.807, 2.05) is 13.8 Å². The lowest BCUT2D eigenvalue weighted by Gasteiger charge is -2.32. The minimum absolute atomic E-state index is 0.0170. The highest BCUT2D eigenvalue weighted by atomic mass is 32.2. The van der Waals surface area contributed by atoms with Crippen molar-refractivity contribution in [1.82, 2.24) is 10.2 Å². The summed E-state index contributed by atoms with van der Waals surface area (Å²) in [5, 5.41) is 3.23. The molecule has 2 aromatic rings. The number of rotatable bonds is 5. The number of nitrogens with zero attached hydrogens (tertiary/aromatic N) is 1. The van der Waals surface area contributed by atoms with E-state index in [0.717, 1.165) is 18.2 Å². The molecule has 2 aliphatic rings. The molecule has 0 radical (unpaired) electrons. The normalized spacial score (nSPS) is 21.0. The summed E-state index contributed by atoms with van der Waals surface area (Å²) >= 11 is 0. The summed E-state index contributed by atoms with van der Waals surface area (Å²) in [4.78, 5) is 14.2. The Morgan fingerprint density at radius 1 is 1.19 bits per heavy atom. The minimum atomic E-state index is -3.48. The van der Waals surface area contributed by atoms with Crippen LogP contribution in [-0.2, 0) is 14.6 Å². The summed E-state index contributed by atoms with van der Waals surface area (Å²) in [6.07, 6.45) is 3.60. The SMILES string of the molecule is CC(C)c1cccc(Oc2ccc(S(C)(=O)=O)cc2C2=CN(C)C(=O)C3NCCC23)c1F. The summed E-state index contributed by atoms with van der Waals surface area (Å²) in [5.41, 5.74) is 1.88. The zero-order chi connectivity index (χ0) is 23.2. The molecule has 6 nitrogen and oxygen atoms in total. The Morgan fingerprint density at radius 2 is 1.94 bits per heavy atom. The highest BCUT2D eigenvalue weighted by Crippen LogP contribution is 2.42. The van der Waals surface area contributed by atoms with Crippen LogP contribution < -0.4 is 10.1 Å². The molecule has 0 aromatic heterocycles. The number of carbonyl (C=O) groups excluding carboxylic acids is 1. The third kappa shape index (κ3) is 4.04. The molecule has 2 aromatic carbocycles. The van der Waals surface area contributed by atoms with E-state index >= 15 is 4.39 Å². The number of hydrogen-bond acceptors (Lipinski definition) is 5. The number of ether oxygens (including phenoxy) is 1. The molecular formula is C24H27FN2O4S. The van der Waals surface area contributed by atoms with Gasteiger partial charge in [-0.2, -0.15) is 0 Å². The Hall–Kier alpha value is -2.71. The topological polar surface area (TPSA) is 75.7 Å². The Bertz CT molecular complexity index is 1210. The number of sulfone groups is 1. The van der Waals surface area contributed by atoms with E-state index in [2.05, 4.69) is 5.32 Å². The first-order chi connectivity index (χ1) is 15.1. The van der Waals surface area contributed by atoms with Crippen LogP contribution in [-0.4, -0.2) is 45.1 Å². The van der Waals surface area contributed by atoms with Gasteiger partial charge in [0.1, 0.15) is 5.75 Å². The van der Waals surface area contributed by atoms with Crippen molar-refractivity contribution in [3.05, 3.63) is 59.5 Å². The molecule has 2 atom stereocenters. The van der Waals surface area contributed by atoms with Crippen molar-refractivity contribution in [1.29, 1.82) is 0 Å². The zero-order valence-corrected chi connectivity index (χ0v) is 19.4. The van der Waals surface area contributed by atoms with E-state index in [1.165, 1.54) is 11.0 Å². The average molecular weight is 459 g/mol. The van der Waals surface area contributed by atoms with Crippen molar-refractivity contribution in [2.45, 2.75) is 37.1 Å². The lowest BCUT2D eigenvalue weighted by Crippen LogP contribution is -2.46. The second-order valence-electron chi connectivity index (χ2n) is 8.71. The maximum Gasteiger partial charge on any atom is 0.244 e. The number of benzene rings is 2. The second-order valence-corrected chi connectivity index (χ2v) is 10.7. The molecule has 1 N–H and O–H groups in total. The third-order valence-corrected chi connectivity index (χ3v) is 7.20. The lowest BCUT2D eigenvalue weighted by molar-refractivity contribution is -0.130. The van der Waals surface area contributed by atoms with Crippen molar-refractivity contribution >= 4 is 21.3 Å². The highest BCUT2D eigenvalue weighted by Gasteiger charge is 2.41. The van der Waals surface area contributed by atoms with Gasteiger partial charge in [0.05, 0.1) is 10.9 Å². The monoisotopic (exact) mass is 458 g/mol. The first-order valence-corrected chi connectivity index (χ1v) is 12.5. The third-order valence-electron chi connectivity index (χ3n) is 6.09. The van der Waals surface area contributed by atoms with Crippen LogP contribution in [0.2, 0.25) is 0 Å². The van der Waals surface area contributed by atoms with E-state index in [0.29, 0.717) is 23.4 Å². The van der Waals surface area contributed by atoms with Gasteiger partial charge < -0.3 is 15.0 Å². The summed E-state index contributed by atoms with van der Waals surface area (Å²) in [5.74, 6) is -0.192. The molecule has 2 unspecified atom stereocenters. The highest BCUT2D eigenvalue weighted by molar-refractivity contribution is 7.90. The summed E-state index contributed by atoms with van der Waals surface area (Å²) < 4.78 is 45.6. The molecule has 170 valence electrons. The Balaban J connectivity index is 1.86. The van der Waals surface area contributed by atoms with Crippen molar-refractivity contribution in [2.75, 3.05) is 19.8 Å². The molecule has 0 bridgehead atoms. The van der Waals surface area contributed by atoms with Crippen LogP contribution in [0.15, 0.2) is 47.5 Å². The summed E-state index contributed by atoms with van der Waals surface area (Å²) in [6.45, 7) is 4.49. The van der Waals surface area contributed by atoms with Gasteiger partial charge in [0.2, 0.25) is 5.91 Å². The molecule has 4 rings (SSSR count). The number of hydrogen-bond donors (Lipinski definition) is 1. The van der Waals surface area contributed by atoms with Crippen molar-refractivity contribution in [2.24, 2.45) is 5.92 Å². The predicted octanol–water partition coefficient (Wildman–Crippen LogP) is 3.94. The largest absolute Gasteiger partial charge is 0.454 e. The maximum atomic E-state index is 15.1. The first kappa shape index (κ1) is 22.5. The number of carbonyl (C=O) groups is 1. The van der Waals surface area contributed by atoms with Gasteiger partial charge in [-0.3, -0.25) is 4.79 Å². The Kier molecular flexibility index (Phi) is 5.85. The average Bonchev–Trinajstić information content (AvgIpc) is 3.22. The number of halogens is 1. The minimum Gasteiger partial charge on any atom is -0.454 e. The van der Waals surface area contributed by atoms with E-state index in [4.69, 9.17) is 4.74 Å². The molecule has 2 heterocycles. The number of fused-ring (bicyclic) bond motifs is 1. The second kappa shape index (κ2) is 8.33. The fraction of sp³-hybridized carbons (Fsp3) is 0.375. The molecule has 32 heavy (non-hydrogen) atoms. The fourth-order valence-corrected chi connectivity index (χ4v) is 5.03. The van der Waals surface area contributed by atoms with Crippen molar-refractivity contribution in [3.8, 4) is 11.5 Å². The molecule has 0 aliphatic carbocycles. The molecular weight excluding hydrogens is 431 g/mol. The Labute approximate surface area is 188 Å². The smallest absolute Gasteiger partial charge is 0.244 e. The zero-order valence-electron chi connectivity index (χ0n) is 18.6. The van der Waals surface area contributed by atoms with Gasteiger partial charge in [0.25, 0.3) is 0 Å². The summed E-state index contributed by atoms with van der Waals surface area (Å²) in [7, 11) is -1.81. The molecule has 0 saturated carbocycles. The maximum absolute atomic E-state index is 15.1. The molecule has 2 aliphatic heterocycles. The number of nitrogens with one attached hydrogen (secondary N) is 1. The van der Waals surface area contributed by atoms with Crippen molar-refractivity contribution < 1.29 is 22.3 Å². The quantitative estimate of drug-likeness (QED) is 0.735. The van der Waals surface area contributed by atoms with Gasteiger partial charge in [-0.05, 0) is 54.3 Å². The van der Waals surface area contributed by atoms with Crippen LogP contribution in [0.1, 0.15) is 37.3 Å². The molecule has 8 heteroatoms. The lowest BCUT2D eigenvalue weighted by atomic mass is 9.84. The molecule has 1 fully saturated rings. The van der Waals surface area contributed by atoms with Gasteiger partial charge >= 0.3 is 0 Å². The van der Waals surface area contributed by atoms with Crippen LogP contribution in [0.4, 0.5) is 4.39 Å². The predicted molar refractivity (Wildman–Crippen MR) is 121 cm³/mol. The van der Waals surface area contributed by atoms with E-state index in [-0.39, 0.29) is 34.4 Å². The molecule has 1 amide bonds. The van der Waals surface area contributed by atoms with Crippen LogP contribution in [0, 0.1) is 11.7 Å². The van der Waals surface area contributed by atoms with Gasteiger partial charge in [-0.15, -0.1) is 0 Å². The van der Waals surface area contributed by atoms with Gasteiger partial charge in [-0.1, -0.05) is 26.0 Å². The van der Waals surface area contributed by atoms with E-state index in [9.17, 15) is 13.2 Å². The van der Waals surface area contributed by atoms with Crippen LogP contribution in [0.25, 0.3) is 5.57 Å². The number of amides is 1. The standard InChI is InChI=1S/C24H27FN2O4S/c1-14(2)16-6-5-7-21(22(16)25)31-20-9-8-15(32(4,29)30)12-18(20)19-13-27(3)24(28)23-17(19)10-11-26-23/h5-9,12-14,17,23,26H,10-11H2,1-4H3. The number of likely N-dealkylation sites (N-methyl/N-ethyl adjacent to an activating group) is 1. The molecule has 1 saturated heterocycles. The first-order valence-electron chi connectivity index (χ1n) is 10.6. The van der Waals surface area contributed by atoms with Gasteiger partial charge in [0, 0.05) is 31.0 Å². The van der Waals surface area contributed by atoms with Gasteiger partial charge in [0.15, 0.2) is 21.4 Å². The molecule has 0 spiro atoms. The van der Waals surface area contributed by atoms with E-state index in [1.54, 1.807) is 43.6 Å². The van der Waals surface area contributed by atoms with E-state index < -0.39 is 15.7 Å².